The summed E-state index contributed by atoms with van der Waals surface area (Å²) in [6.07, 6.45) is 8.78. The molecule has 2 aliphatic rings. The minimum atomic E-state index is 0.112. The zero-order valence-electron chi connectivity index (χ0n) is 13.1. The summed E-state index contributed by atoms with van der Waals surface area (Å²) in [6.45, 7) is 5.09. The highest BCUT2D eigenvalue weighted by Crippen LogP contribution is 2.40. The second-order valence-electron chi connectivity index (χ2n) is 6.70. The summed E-state index contributed by atoms with van der Waals surface area (Å²) in [5, 5.41) is 0. The smallest absolute Gasteiger partial charge is 0.120 e. The molecule has 1 atom stereocenters. The summed E-state index contributed by atoms with van der Waals surface area (Å²) in [7, 11) is 0. The van der Waals surface area contributed by atoms with E-state index in [1.807, 2.05) is 0 Å². The van der Waals surface area contributed by atoms with Gasteiger partial charge in [0.15, 0.2) is 0 Å². The topological polar surface area (TPSA) is 18.5 Å². The molecule has 0 N–H and O–H groups in total. The van der Waals surface area contributed by atoms with Crippen LogP contribution in [0.15, 0.2) is 16.6 Å². The van der Waals surface area contributed by atoms with Crippen LogP contribution in [0.25, 0.3) is 0 Å². The van der Waals surface area contributed by atoms with Crippen molar-refractivity contribution in [2.75, 3.05) is 6.61 Å². The number of hydrogen-bond acceptors (Lipinski definition) is 2. The van der Waals surface area contributed by atoms with Crippen LogP contribution >= 0.6 is 15.9 Å². The summed E-state index contributed by atoms with van der Waals surface area (Å²) < 4.78 is 13.6. The van der Waals surface area contributed by atoms with Crippen LogP contribution in [-0.4, -0.2) is 18.3 Å². The van der Waals surface area contributed by atoms with Crippen molar-refractivity contribution in [3.8, 4) is 5.75 Å². The molecule has 1 aromatic carbocycles. The van der Waals surface area contributed by atoms with Crippen molar-refractivity contribution in [1.29, 1.82) is 0 Å². The molecule has 3 heteroatoms. The van der Waals surface area contributed by atoms with E-state index in [2.05, 4.69) is 41.9 Å². The lowest BCUT2D eigenvalue weighted by Gasteiger charge is -2.43. The Hall–Kier alpha value is -0.540. The van der Waals surface area contributed by atoms with Gasteiger partial charge in [-0.05, 0) is 49.9 Å². The van der Waals surface area contributed by atoms with Gasteiger partial charge in [-0.3, -0.25) is 0 Å². The Morgan fingerprint density at radius 2 is 1.81 bits per heavy atom. The van der Waals surface area contributed by atoms with E-state index < -0.39 is 0 Å². The highest BCUT2D eigenvalue weighted by atomic mass is 79.9. The normalized spacial score (nSPS) is 25.0. The Kier molecular flexibility index (Phi) is 4.60. The molecular formula is C18H25BrO2. The summed E-state index contributed by atoms with van der Waals surface area (Å²) in [5.74, 6) is 1.01. The van der Waals surface area contributed by atoms with Crippen LogP contribution in [0.2, 0.25) is 0 Å². The van der Waals surface area contributed by atoms with Gasteiger partial charge >= 0.3 is 0 Å². The number of hydrogen-bond donors (Lipinski definition) is 0. The SMILES string of the molecule is Cc1cc(OC2CCOC3(CCCCC3)C2)cc(C)c1Br. The van der Waals surface area contributed by atoms with Crippen LogP contribution in [0.1, 0.15) is 56.1 Å². The standard InChI is InChI=1S/C18H25BrO2/c1-13-10-16(11-14(2)17(13)19)21-15-6-9-20-18(12-15)7-4-3-5-8-18/h10-11,15H,3-9,12H2,1-2H3. The first-order valence-electron chi connectivity index (χ1n) is 8.15. The first kappa shape index (κ1) is 15.4. The molecule has 1 unspecified atom stereocenters. The number of rotatable bonds is 2. The van der Waals surface area contributed by atoms with Crippen molar-refractivity contribution >= 4 is 15.9 Å². The maximum atomic E-state index is 6.30. The first-order chi connectivity index (χ1) is 10.1. The molecule has 2 fully saturated rings. The second kappa shape index (κ2) is 6.29. The average Bonchev–Trinajstić information content (AvgIpc) is 2.45. The van der Waals surface area contributed by atoms with Crippen LogP contribution in [0.3, 0.4) is 0 Å². The summed E-state index contributed by atoms with van der Waals surface area (Å²) in [6, 6.07) is 4.28. The Labute approximate surface area is 136 Å². The fourth-order valence-electron chi connectivity index (χ4n) is 3.79. The summed E-state index contributed by atoms with van der Waals surface area (Å²) >= 11 is 3.62. The maximum absolute atomic E-state index is 6.30. The minimum Gasteiger partial charge on any atom is -0.490 e. The second-order valence-corrected chi connectivity index (χ2v) is 7.49. The van der Waals surface area contributed by atoms with Gasteiger partial charge in [0.2, 0.25) is 0 Å². The Morgan fingerprint density at radius 1 is 1.14 bits per heavy atom. The lowest BCUT2D eigenvalue weighted by Crippen LogP contribution is -2.45. The molecule has 1 saturated carbocycles. The molecule has 1 aliphatic heterocycles. The monoisotopic (exact) mass is 352 g/mol. The van der Waals surface area contributed by atoms with Crippen molar-refractivity contribution in [3.63, 3.8) is 0 Å². The maximum Gasteiger partial charge on any atom is 0.120 e. The third kappa shape index (κ3) is 3.45. The molecule has 1 heterocycles. The van der Waals surface area contributed by atoms with E-state index in [0.717, 1.165) is 25.2 Å². The third-order valence-corrected chi connectivity index (χ3v) is 6.18. The number of benzene rings is 1. The van der Waals surface area contributed by atoms with Gasteiger partial charge < -0.3 is 9.47 Å². The third-order valence-electron chi connectivity index (χ3n) is 4.93. The first-order valence-corrected chi connectivity index (χ1v) is 8.95. The van der Waals surface area contributed by atoms with Gasteiger partial charge in [0.1, 0.15) is 11.9 Å². The Balaban J connectivity index is 1.70. The number of ether oxygens (including phenoxy) is 2. The van der Waals surface area contributed by atoms with Gasteiger partial charge in [-0.25, -0.2) is 0 Å². The molecule has 1 aromatic rings. The zero-order valence-corrected chi connectivity index (χ0v) is 14.7. The molecule has 0 aromatic heterocycles. The molecule has 0 bridgehead atoms. The van der Waals surface area contributed by atoms with Gasteiger partial charge in [0.25, 0.3) is 0 Å². The predicted octanol–water partition coefficient (Wildman–Crippen LogP) is 5.33. The zero-order chi connectivity index (χ0) is 14.9. The molecule has 1 saturated heterocycles. The van der Waals surface area contributed by atoms with Gasteiger partial charge in [0, 0.05) is 17.3 Å². The minimum absolute atomic E-state index is 0.112. The fraction of sp³-hybridized carbons (Fsp3) is 0.667. The molecule has 1 spiro atoms. The highest BCUT2D eigenvalue weighted by molar-refractivity contribution is 9.10. The van der Waals surface area contributed by atoms with Crippen molar-refractivity contribution in [2.24, 2.45) is 0 Å². The number of aryl methyl sites for hydroxylation is 2. The van der Waals surface area contributed by atoms with E-state index in [-0.39, 0.29) is 5.60 Å². The molecular weight excluding hydrogens is 328 g/mol. The van der Waals surface area contributed by atoms with Crippen molar-refractivity contribution in [3.05, 3.63) is 27.7 Å². The molecule has 0 radical (unpaired) electrons. The van der Waals surface area contributed by atoms with E-state index >= 15 is 0 Å². The lowest BCUT2D eigenvalue weighted by atomic mass is 9.79. The van der Waals surface area contributed by atoms with Gasteiger partial charge in [0.05, 0.1) is 12.2 Å². The number of halogens is 1. The van der Waals surface area contributed by atoms with Gasteiger partial charge in [-0.2, -0.15) is 0 Å². The Morgan fingerprint density at radius 3 is 2.48 bits per heavy atom. The summed E-state index contributed by atoms with van der Waals surface area (Å²) in [5.41, 5.74) is 2.59. The molecule has 21 heavy (non-hydrogen) atoms. The average molecular weight is 353 g/mol. The van der Waals surface area contributed by atoms with Crippen molar-refractivity contribution in [1.82, 2.24) is 0 Å². The summed E-state index contributed by atoms with van der Waals surface area (Å²) in [4.78, 5) is 0. The van der Waals surface area contributed by atoms with E-state index in [1.165, 1.54) is 47.7 Å². The largest absolute Gasteiger partial charge is 0.490 e. The van der Waals surface area contributed by atoms with E-state index in [1.54, 1.807) is 0 Å². The van der Waals surface area contributed by atoms with Crippen LogP contribution in [0.4, 0.5) is 0 Å². The van der Waals surface area contributed by atoms with Crippen LogP contribution < -0.4 is 4.74 Å². The molecule has 0 amide bonds. The van der Waals surface area contributed by atoms with Crippen LogP contribution in [-0.2, 0) is 4.74 Å². The van der Waals surface area contributed by atoms with Crippen LogP contribution in [0.5, 0.6) is 5.75 Å². The lowest BCUT2D eigenvalue weighted by molar-refractivity contribution is -0.129. The predicted molar refractivity (Wildman–Crippen MR) is 89.0 cm³/mol. The van der Waals surface area contributed by atoms with E-state index in [0.29, 0.717) is 6.10 Å². The molecule has 3 rings (SSSR count). The van der Waals surface area contributed by atoms with Crippen molar-refractivity contribution in [2.45, 2.75) is 70.5 Å². The Bertz CT molecular complexity index is 477. The van der Waals surface area contributed by atoms with E-state index in [9.17, 15) is 0 Å². The quantitative estimate of drug-likeness (QED) is 0.716. The van der Waals surface area contributed by atoms with E-state index in [4.69, 9.17) is 9.47 Å². The van der Waals surface area contributed by atoms with Gasteiger partial charge in [-0.15, -0.1) is 0 Å². The fourth-order valence-corrected chi connectivity index (χ4v) is 4.02. The van der Waals surface area contributed by atoms with Crippen LogP contribution in [0, 0.1) is 13.8 Å². The molecule has 116 valence electrons. The van der Waals surface area contributed by atoms with Crippen molar-refractivity contribution < 1.29 is 9.47 Å². The molecule has 2 nitrogen and oxygen atoms in total. The molecule has 1 aliphatic carbocycles. The highest BCUT2D eigenvalue weighted by Gasteiger charge is 2.39. The van der Waals surface area contributed by atoms with Gasteiger partial charge in [-0.1, -0.05) is 35.2 Å².